The number of rotatable bonds is 2. The summed E-state index contributed by atoms with van der Waals surface area (Å²) in [6, 6.07) is 0. The second-order valence-corrected chi connectivity index (χ2v) is 5.53. The van der Waals surface area contributed by atoms with Gasteiger partial charge in [0, 0.05) is 0 Å². The molecule has 0 atom stereocenters. The number of hydrogen-bond acceptors (Lipinski definition) is 4. The fourth-order valence-corrected chi connectivity index (χ4v) is 0.817. The standard InChI is InChI=1S/C11H22N2O4/c1-10(2,3)16-8(14)12-7-13-9(15)17-11(4,5)6/h7H2,1-6H3,(H,12,14)(H,13,15). The third-order valence-corrected chi connectivity index (χ3v) is 1.26. The van der Waals surface area contributed by atoms with E-state index in [2.05, 4.69) is 10.6 Å². The second kappa shape index (κ2) is 5.75. The Hall–Kier alpha value is -1.46. The molecule has 0 aliphatic carbocycles. The molecule has 0 bridgehead atoms. The normalized spacial score (nSPS) is 11.6. The quantitative estimate of drug-likeness (QED) is 0.730. The molecular weight excluding hydrogens is 224 g/mol. The van der Waals surface area contributed by atoms with Crippen LogP contribution in [0.4, 0.5) is 9.59 Å². The largest absolute Gasteiger partial charge is 0.444 e. The van der Waals surface area contributed by atoms with Crippen molar-refractivity contribution in [2.45, 2.75) is 52.7 Å². The van der Waals surface area contributed by atoms with Gasteiger partial charge in [-0.3, -0.25) is 0 Å². The van der Waals surface area contributed by atoms with Crippen molar-refractivity contribution in [3.8, 4) is 0 Å². The molecule has 0 fully saturated rings. The molecule has 0 saturated heterocycles. The van der Waals surface area contributed by atoms with Crippen LogP contribution in [0.25, 0.3) is 0 Å². The minimum absolute atomic E-state index is 0.0379. The van der Waals surface area contributed by atoms with Crippen LogP contribution >= 0.6 is 0 Å². The summed E-state index contributed by atoms with van der Waals surface area (Å²) in [5, 5.41) is 4.77. The van der Waals surface area contributed by atoms with Gasteiger partial charge in [-0.05, 0) is 41.5 Å². The molecule has 6 nitrogen and oxygen atoms in total. The molecule has 0 unspecified atom stereocenters. The maximum atomic E-state index is 11.2. The summed E-state index contributed by atoms with van der Waals surface area (Å²) < 4.78 is 9.96. The van der Waals surface area contributed by atoms with Crippen LogP contribution in [0.15, 0.2) is 0 Å². The Morgan fingerprint density at radius 2 is 1.12 bits per heavy atom. The average molecular weight is 246 g/mol. The summed E-state index contributed by atoms with van der Waals surface area (Å²) in [5.41, 5.74) is -1.12. The van der Waals surface area contributed by atoms with E-state index in [0.29, 0.717) is 0 Å². The zero-order valence-electron chi connectivity index (χ0n) is 11.3. The van der Waals surface area contributed by atoms with E-state index in [0.717, 1.165) is 0 Å². The summed E-state index contributed by atoms with van der Waals surface area (Å²) in [6.07, 6.45) is -1.18. The Bertz CT molecular complexity index is 248. The highest BCUT2D eigenvalue weighted by Crippen LogP contribution is 2.07. The molecule has 0 aromatic rings. The van der Waals surface area contributed by atoms with Crippen molar-refractivity contribution in [1.29, 1.82) is 0 Å². The predicted molar refractivity (Wildman–Crippen MR) is 63.6 cm³/mol. The van der Waals surface area contributed by atoms with Crippen LogP contribution in [0.2, 0.25) is 0 Å². The minimum atomic E-state index is -0.589. The van der Waals surface area contributed by atoms with Crippen molar-refractivity contribution in [3.63, 3.8) is 0 Å². The van der Waals surface area contributed by atoms with Crippen molar-refractivity contribution >= 4 is 12.2 Å². The molecule has 0 heterocycles. The zero-order valence-corrected chi connectivity index (χ0v) is 11.3. The lowest BCUT2D eigenvalue weighted by Crippen LogP contribution is -2.42. The van der Waals surface area contributed by atoms with Gasteiger partial charge in [-0.2, -0.15) is 0 Å². The van der Waals surface area contributed by atoms with Gasteiger partial charge in [0.25, 0.3) is 0 Å². The lowest BCUT2D eigenvalue weighted by molar-refractivity contribution is 0.0476. The molecule has 6 heteroatoms. The van der Waals surface area contributed by atoms with Gasteiger partial charge in [0.05, 0.1) is 6.67 Å². The summed E-state index contributed by atoms with van der Waals surface area (Å²) >= 11 is 0. The van der Waals surface area contributed by atoms with Gasteiger partial charge in [-0.25, -0.2) is 9.59 Å². The van der Waals surface area contributed by atoms with Crippen molar-refractivity contribution in [2.75, 3.05) is 6.67 Å². The fraction of sp³-hybridized carbons (Fsp3) is 0.818. The monoisotopic (exact) mass is 246 g/mol. The van der Waals surface area contributed by atoms with E-state index >= 15 is 0 Å². The number of nitrogens with one attached hydrogen (secondary N) is 2. The summed E-state index contributed by atoms with van der Waals surface area (Å²) in [5.74, 6) is 0. The molecule has 0 rings (SSSR count). The molecule has 17 heavy (non-hydrogen) atoms. The molecule has 0 aliphatic heterocycles. The number of alkyl carbamates (subject to hydrolysis) is 2. The third kappa shape index (κ3) is 10.8. The van der Waals surface area contributed by atoms with Crippen LogP contribution in [-0.4, -0.2) is 30.1 Å². The average Bonchev–Trinajstić information content (AvgIpc) is 1.95. The van der Waals surface area contributed by atoms with Crippen LogP contribution in [-0.2, 0) is 9.47 Å². The smallest absolute Gasteiger partial charge is 0.409 e. The van der Waals surface area contributed by atoms with Crippen molar-refractivity contribution < 1.29 is 19.1 Å². The van der Waals surface area contributed by atoms with Crippen LogP contribution in [0.1, 0.15) is 41.5 Å². The van der Waals surface area contributed by atoms with Crippen LogP contribution in [0, 0.1) is 0 Å². The Kier molecular flexibility index (Phi) is 5.25. The molecule has 0 radical (unpaired) electrons. The molecule has 0 saturated carbocycles. The SMILES string of the molecule is CC(C)(C)OC(=O)NCNC(=O)OC(C)(C)C. The first kappa shape index (κ1) is 15.5. The van der Waals surface area contributed by atoms with Crippen LogP contribution in [0.3, 0.4) is 0 Å². The minimum Gasteiger partial charge on any atom is -0.444 e. The Morgan fingerprint density at radius 3 is 1.35 bits per heavy atom. The molecule has 0 aliphatic rings. The summed E-state index contributed by atoms with van der Waals surface area (Å²) in [4.78, 5) is 22.4. The van der Waals surface area contributed by atoms with Gasteiger partial charge >= 0.3 is 12.2 Å². The van der Waals surface area contributed by atoms with Gasteiger partial charge in [-0.1, -0.05) is 0 Å². The molecule has 0 aromatic heterocycles. The highest BCUT2D eigenvalue weighted by atomic mass is 16.6. The number of hydrogen-bond donors (Lipinski definition) is 2. The molecule has 0 aromatic carbocycles. The number of carbonyl (C=O) groups is 2. The van der Waals surface area contributed by atoms with E-state index in [1.807, 2.05) is 0 Å². The maximum Gasteiger partial charge on any atom is 0.409 e. The third-order valence-electron chi connectivity index (χ3n) is 1.26. The van der Waals surface area contributed by atoms with Gasteiger partial charge < -0.3 is 20.1 Å². The summed E-state index contributed by atoms with van der Waals surface area (Å²) in [6.45, 7) is 10.5. The van der Waals surface area contributed by atoms with Crippen LogP contribution < -0.4 is 10.6 Å². The first-order chi connectivity index (χ1) is 7.49. The van der Waals surface area contributed by atoms with E-state index in [-0.39, 0.29) is 6.67 Å². The van der Waals surface area contributed by atoms with Gasteiger partial charge in [0.15, 0.2) is 0 Å². The second-order valence-electron chi connectivity index (χ2n) is 5.53. The Labute approximate surface area is 102 Å². The predicted octanol–water partition coefficient (Wildman–Crippen LogP) is 1.99. The van der Waals surface area contributed by atoms with Crippen LogP contribution in [0.5, 0.6) is 0 Å². The van der Waals surface area contributed by atoms with Crippen molar-refractivity contribution in [2.24, 2.45) is 0 Å². The molecular formula is C11H22N2O4. The molecule has 0 spiro atoms. The van der Waals surface area contributed by atoms with E-state index in [1.54, 1.807) is 41.5 Å². The summed E-state index contributed by atoms with van der Waals surface area (Å²) in [7, 11) is 0. The van der Waals surface area contributed by atoms with E-state index in [9.17, 15) is 9.59 Å². The first-order valence-electron chi connectivity index (χ1n) is 5.43. The number of carbonyl (C=O) groups excluding carboxylic acids is 2. The first-order valence-corrected chi connectivity index (χ1v) is 5.43. The Balaban J connectivity index is 3.78. The van der Waals surface area contributed by atoms with E-state index < -0.39 is 23.4 Å². The molecule has 2 N–H and O–H groups in total. The maximum absolute atomic E-state index is 11.2. The topological polar surface area (TPSA) is 76.7 Å². The Morgan fingerprint density at radius 1 is 0.824 bits per heavy atom. The van der Waals surface area contributed by atoms with E-state index in [1.165, 1.54) is 0 Å². The highest BCUT2D eigenvalue weighted by Gasteiger charge is 2.17. The zero-order chi connectivity index (χ0) is 13.7. The van der Waals surface area contributed by atoms with E-state index in [4.69, 9.17) is 9.47 Å². The van der Waals surface area contributed by atoms with Gasteiger partial charge in [0.1, 0.15) is 11.2 Å². The van der Waals surface area contributed by atoms with Crippen molar-refractivity contribution in [1.82, 2.24) is 10.6 Å². The van der Waals surface area contributed by atoms with Gasteiger partial charge in [0.2, 0.25) is 0 Å². The lowest BCUT2D eigenvalue weighted by atomic mass is 10.2. The lowest BCUT2D eigenvalue weighted by Gasteiger charge is -2.21. The van der Waals surface area contributed by atoms with Crippen molar-refractivity contribution in [3.05, 3.63) is 0 Å². The highest BCUT2D eigenvalue weighted by molar-refractivity contribution is 5.70. The van der Waals surface area contributed by atoms with Gasteiger partial charge in [-0.15, -0.1) is 0 Å². The fourth-order valence-electron chi connectivity index (χ4n) is 0.817. The molecule has 2 amide bonds. The number of ether oxygens (including phenoxy) is 2. The molecule has 100 valence electrons. The number of amides is 2.